The second-order valence-electron chi connectivity index (χ2n) is 5.89. The molecule has 27 heavy (non-hydrogen) atoms. The van der Waals surface area contributed by atoms with E-state index in [0.717, 1.165) is 0 Å². The Kier molecular flexibility index (Phi) is 6.69. The third-order valence-corrected chi connectivity index (χ3v) is 4.08. The van der Waals surface area contributed by atoms with Crippen LogP contribution >= 0.6 is 0 Å². The van der Waals surface area contributed by atoms with E-state index in [-0.39, 0.29) is 42.6 Å². The van der Waals surface area contributed by atoms with Crippen molar-refractivity contribution in [2.75, 3.05) is 19.6 Å². The van der Waals surface area contributed by atoms with Crippen molar-refractivity contribution in [3.05, 3.63) is 38.9 Å². The van der Waals surface area contributed by atoms with Gasteiger partial charge in [-0.25, -0.2) is 4.79 Å². The molecule has 1 aromatic heterocycles. The summed E-state index contributed by atoms with van der Waals surface area (Å²) in [6.45, 7) is 4.73. The number of benzene rings is 1. The highest BCUT2D eigenvalue weighted by atomic mass is 16.6. The Morgan fingerprint density at radius 1 is 1.33 bits per heavy atom. The van der Waals surface area contributed by atoms with E-state index in [1.807, 2.05) is 0 Å². The zero-order valence-electron chi connectivity index (χ0n) is 15.3. The minimum absolute atomic E-state index is 0.00142. The van der Waals surface area contributed by atoms with Crippen LogP contribution in [0.3, 0.4) is 0 Å². The summed E-state index contributed by atoms with van der Waals surface area (Å²) in [5, 5.41) is 13.4. The number of hydrogen-bond donors (Lipinski definition) is 1. The molecule has 146 valence electrons. The van der Waals surface area contributed by atoms with E-state index < -0.39 is 10.7 Å². The summed E-state index contributed by atoms with van der Waals surface area (Å²) in [6.07, 6.45) is 0.537. The predicted molar refractivity (Wildman–Crippen MR) is 97.3 cm³/mol. The van der Waals surface area contributed by atoms with E-state index in [0.29, 0.717) is 25.0 Å². The normalized spacial score (nSPS) is 10.7. The van der Waals surface area contributed by atoms with Crippen LogP contribution in [0.25, 0.3) is 11.1 Å². The van der Waals surface area contributed by atoms with Crippen LogP contribution in [-0.4, -0.2) is 45.8 Å². The minimum Gasteiger partial charge on any atom is -0.407 e. The van der Waals surface area contributed by atoms with Crippen LogP contribution in [0.1, 0.15) is 26.7 Å². The molecule has 0 spiro atoms. The van der Waals surface area contributed by atoms with Crippen LogP contribution in [0.5, 0.6) is 0 Å². The molecule has 1 heterocycles. The lowest BCUT2D eigenvalue weighted by molar-refractivity contribution is -0.384. The first-order valence-corrected chi connectivity index (χ1v) is 8.69. The zero-order chi connectivity index (χ0) is 20.0. The second-order valence-corrected chi connectivity index (χ2v) is 5.89. The van der Waals surface area contributed by atoms with Crippen molar-refractivity contribution in [2.24, 2.45) is 0 Å². The molecule has 0 aliphatic carbocycles. The molecule has 0 aliphatic heterocycles. The summed E-state index contributed by atoms with van der Waals surface area (Å²) in [6, 6.07) is 3.95. The molecular weight excluding hydrogens is 356 g/mol. The van der Waals surface area contributed by atoms with Crippen LogP contribution < -0.4 is 11.1 Å². The van der Waals surface area contributed by atoms with Crippen LogP contribution in [0.2, 0.25) is 0 Å². The number of carbonyl (C=O) groups is 2. The Labute approximate surface area is 154 Å². The Morgan fingerprint density at radius 2 is 2.07 bits per heavy atom. The van der Waals surface area contributed by atoms with Gasteiger partial charge in [-0.3, -0.25) is 24.3 Å². The molecule has 2 amide bonds. The van der Waals surface area contributed by atoms with Gasteiger partial charge in [0, 0.05) is 32.1 Å². The fourth-order valence-corrected chi connectivity index (χ4v) is 2.73. The maximum Gasteiger partial charge on any atom is 0.419 e. The standard InChI is InChI=1S/C17H22N4O6/c1-3-18-15(22)11-19(4-2)16(23)6-5-9-20-13-8-7-12(21(25)26)10-14(13)27-17(20)24/h7-8,10H,3-6,9,11H2,1-2H3,(H,18,22). The first-order chi connectivity index (χ1) is 12.9. The Hall–Kier alpha value is -3.17. The van der Waals surface area contributed by atoms with Gasteiger partial charge in [-0.1, -0.05) is 0 Å². The molecule has 2 rings (SSSR count). The molecule has 10 nitrogen and oxygen atoms in total. The molecule has 0 atom stereocenters. The van der Waals surface area contributed by atoms with Crippen LogP contribution in [-0.2, 0) is 16.1 Å². The third kappa shape index (κ3) is 4.93. The summed E-state index contributed by atoms with van der Waals surface area (Å²) in [5.41, 5.74) is 0.405. The third-order valence-electron chi connectivity index (χ3n) is 4.08. The van der Waals surface area contributed by atoms with Gasteiger partial charge in [0.15, 0.2) is 5.58 Å². The molecular formula is C17H22N4O6. The van der Waals surface area contributed by atoms with E-state index in [4.69, 9.17) is 4.42 Å². The fraction of sp³-hybridized carbons (Fsp3) is 0.471. The number of rotatable bonds is 9. The molecule has 0 saturated heterocycles. The molecule has 10 heteroatoms. The Balaban J connectivity index is 2.01. The number of aromatic nitrogens is 1. The fourth-order valence-electron chi connectivity index (χ4n) is 2.73. The topological polar surface area (TPSA) is 128 Å². The maximum atomic E-state index is 12.3. The highest BCUT2D eigenvalue weighted by molar-refractivity contribution is 5.84. The lowest BCUT2D eigenvalue weighted by Gasteiger charge is -2.20. The number of hydrogen-bond acceptors (Lipinski definition) is 6. The van der Waals surface area contributed by atoms with Crippen molar-refractivity contribution in [1.82, 2.24) is 14.8 Å². The molecule has 0 aliphatic rings. The number of nitrogens with zero attached hydrogens (tertiary/aromatic N) is 3. The van der Waals surface area contributed by atoms with Crippen molar-refractivity contribution >= 4 is 28.6 Å². The number of nitrogens with one attached hydrogen (secondary N) is 1. The molecule has 2 aromatic rings. The van der Waals surface area contributed by atoms with Crippen molar-refractivity contribution < 1.29 is 18.9 Å². The first kappa shape index (κ1) is 20.1. The number of nitro groups is 1. The summed E-state index contributed by atoms with van der Waals surface area (Å²) in [5.74, 6) is -1.03. The number of fused-ring (bicyclic) bond motifs is 1. The highest BCUT2D eigenvalue weighted by Crippen LogP contribution is 2.20. The van der Waals surface area contributed by atoms with Gasteiger partial charge in [-0.2, -0.15) is 0 Å². The summed E-state index contributed by atoms with van der Waals surface area (Å²) < 4.78 is 6.39. The van der Waals surface area contributed by atoms with Crippen LogP contribution in [0.15, 0.2) is 27.4 Å². The molecule has 0 fully saturated rings. The zero-order valence-corrected chi connectivity index (χ0v) is 15.3. The molecule has 0 unspecified atom stereocenters. The van der Waals surface area contributed by atoms with E-state index >= 15 is 0 Å². The molecule has 0 bridgehead atoms. The number of carbonyl (C=O) groups excluding carboxylic acids is 2. The van der Waals surface area contributed by atoms with Gasteiger partial charge in [-0.15, -0.1) is 0 Å². The second kappa shape index (κ2) is 8.97. The van der Waals surface area contributed by atoms with Crippen molar-refractivity contribution in [2.45, 2.75) is 33.2 Å². The van der Waals surface area contributed by atoms with Crippen molar-refractivity contribution in [3.63, 3.8) is 0 Å². The minimum atomic E-state index is -0.632. The largest absolute Gasteiger partial charge is 0.419 e. The maximum absolute atomic E-state index is 12.3. The van der Waals surface area contributed by atoms with E-state index in [9.17, 15) is 24.5 Å². The number of aryl methyl sites for hydroxylation is 1. The van der Waals surface area contributed by atoms with Gasteiger partial charge in [0.05, 0.1) is 23.1 Å². The number of likely N-dealkylation sites (N-methyl/N-ethyl adjacent to an activating group) is 2. The van der Waals surface area contributed by atoms with Crippen molar-refractivity contribution in [1.29, 1.82) is 0 Å². The predicted octanol–water partition coefficient (Wildman–Crippen LogP) is 1.27. The van der Waals surface area contributed by atoms with Gasteiger partial charge in [0.25, 0.3) is 5.69 Å². The van der Waals surface area contributed by atoms with Crippen LogP contribution in [0, 0.1) is 10.1 Å². The lowest BCUT2D eigenvalue weighted by Crippen LogP contribution is -2.40. The van der Waals surface area contributed by atoms with E-state index in [1.165, 1.54) is 27.7 Å². The quantitative estimate of drug-likeness (QED) is 0.517. The average Bonchev–Trinajstić information content (AvgIpc) is 2.94. The monoisotopic (exact) mass is 378 g/mol. The van der Waals surface area contributed by atoms with Gasteiger partial charge in [0.2, 0.25) is 11.8 Å². The summed E-state index contributed by atoms with van der Waals surface area (Å²) >= 11 is 0. The lowest BCUT2D eigenvalue weighted by atomic mass is 10.2. The number of oxazole rings is 1. The van der Waals surface area contributed by atoms with Crippen molar-refractivity contribution in [3.8, 4) is 0 Å². The molecule has 0 radical (unpaired) electrons. The Bertz CT molecular complexity index is 900. The highest BCUT2D eigenvalue weighted by Gasteiger charge is 2.17. The first-order valence-electron chi connectivity index (χ1n) is 8.69. The average molecular weight is 378 g/mol. The smallest absolute Gasteiger partial charge is 0.407 e. The van der Waals surface area contributed by atoms with Gasteiger partial charge < -0.3 is 14.6 Å². The Morgan fingerprint density at radius 3 is 2.70 bits per heavy atom. The molecule has 0 saturated carbocycles. The molecule has 1 aromatic carbocycles. The van der Waals surface area contributed by atoms with Gasteiger partial charge in [0.1, 0.15) is 0 Å². The van der Waals surface area contributed by atoms with E-state index in [1.54, 1.807) is 13.8 Å². The number of nitro benzene ring substituents is 1. The van der Waals surface area contributed by atoms with E-state index in [2.05, 4.69) is 5.32 Å². The van der Waals surface area contributed by atoms with Crippen LogP contribution in [0.4, 0.5) is 5.69 Å². The summed E-state index contributed by atoms with van der Waals surface area (Å²) in [7, 11) is 0. The molecule has 1 N–H and O–H groups in total. The SMILES string of the molecule is CCNC(=O)CN(CC)C(=O)CCCn1c(=O)oc2cc([N+](=O)[O-])ccc21. The van der Waals surface area contributed by atoms with Gasteiger partial charge in [-0.05, 0) is 26.3 Å². The number of amides is 2. The number of non-ortho nitro benzene ring substituents is 1. The van der Waals surface area contributed by atoms with Gasteiger partial charge >= 0.3 is 5.76 Å². The summed E-state index contributed by atoms with van der Waals surface area (Å²) in [4.78, 5) is 47.6.